The van der Waals surface area contributed by atoms with Crippen molar-refractivity contribution in [2.45, 2.75) is 0 Å². The quantitative estimate of drug-likeness (QED) is 0.575. The maximum Gasteiger partial charge on any atom is 0.281 e. The fourth-order valence-corrected chi connectivity index (χ4v) is 2.50. The number of nitrogens with one attached hydrogen (secondary N) is 2. The molecule has 0 aliphatic rings. The number of H-pyrrole nitrogens is 1. The van der Waals surface area contributed by atoms with Crippen LogP contribution in [0.2, 0.25) is 0 Å². The number of nitrogens with zero attached hydrogens (tertiary/aromatic N) is 1. The van der Waals surface area contributed by atoms with Gasteiger partial charge in [-0.25, -0.2) is 5.43 Å². The van der Waals surface area contributed by atoms with E-state index in [1.54, 1.807) is 18.2 Å². The molecular weight excluding hydrogens is 286 g/mol. The van der Waals surface area contributed by atoms with Gasteiger partial charge in [-0.1, -0.05) is 24.3 Å². The number of benzene rings is 1. The summed E-state index contributed by atoms with van der Waals surface area (Å²) >= 11 is 1.33. The van der Waals surface area contributed by atoms with Gasteiger partial charge in [-0.3, -0.25) is 9.59 Å². The predicted octanol–water partition coefficient (Wildman–Crippen LogP) is 2.35. The largest absolute Gasteiger partial charge is 0.321 e. The first-order chi connectivity index (χ1) is 10.2. The SMILES string of the molecule is O=C(N/N=C\c1cc2ccccc2[nH]c1=O)c1cccs1. The van der Waals surface area contributed by atoms with Crippen LogP contribution in [0.5, 0.6) is 0 Å². The molecule has 0 aliphatic heterocycles. The van der Waals surface area contributed by atoms with Gasteiger partial charge >= 0.3 is 0 Å². The van der Waals surface area contributed by atoms with Gasteiger partial charge in [0.1, 0.15) is 0 Å². The van der Waals surface area contributed by atoms with Gasteiger partial charge in [0.2, 0.25) is 0 Å². The van der Waals surface area contributed by atoms with Crippen LogP contribution < -0.4 is 11.0 Å². The summed E-state index contributed by atoms with van der Waals surface area (Å²) in [7, 11) is 0. The Morgan fingerprint density at radius 3 is 2.90 bits per heavy atom. The zero-order valence-electron chi connectivity index (χ0n) is 10.9. The predicted molar refractivity (Wildman–Crippen MR) is 83.9 cm³/mol. The maximum absolute atomic E-state index is 11.9. The molecule has 3 aromatic rings. The van der Waals surface area contributed by atoms with E-state index in [4.69, 9.17) is 0 Å². The van der Waals surface area contributed by atoms with E-state index in [9.17, 15) is 9.59 Å². The zero-order valence-corrected chi connectivity index (χ0v) is 11.7. The average molecular weight is 297 g/mol. The molecule has 0 unspecified atom stereocenters. The molecule has 6 heteroatoms. The second-order valence-corrected chi connectivity index (χ2v) is 5.27. The van der Waals surface area contributed by atoms with E-state index in [0.29, 0.717) is 10.4 Å². The van der Waals surface area contributed by atoms with Crippen LogP contribution in [-0.4, -0.2) is 17.1 Å². The van der Waals surface area contributed by atoms with E-state index >= 15 is 0 Å². The number of hydrogen-bond acceptors (Lipinski definition) is 4. The summed E-state index contributed by atoms with van der Waals surface area (Å²) in [5, 5.41) is 6.55. The highest BCUT2D eigenvalue weighted by Gasteiger charge is 2.04. The number of hydrogen-bond donors (Lipinski definition) is 2. The fourth-order valence-electron chi connectivity index (χ4n) is 1.88. The molecule has 0 spiro atoms. The van der Waals surface area contributed by atoms with Gasteiger partial charge in [0.25, 0.3) is 11.5 Å². The van der Waals surface area contributed by atoms with E-state index < -0.39 is 0 Å². The third-order valence-electron chi connectivity index (χ3n) is 2.90. The summed E-state index contributed by atoms with van der Waals surface area (Å²) in [5.74, 6) is -0.293. The molecule has 0 aliphatic carbocycles. The molecule has 104 valence electrons. The minimum atomic E-state index is -0.293. The Labute approximate surface area is 123 Å². The average Bonchev–Trinajstić information content (AvgIpc) is 3.02. The molecule has 2 N–H and O–H groups in total. The van der Waals surface area contributed by atoms with E-state index in [1.165, 1.54) is 17.6 Å². The van der Waals surface area contributed by atoms with Gasteiger partial charge in [-0.05, 0) is 29.0 Å². The lowest BCUT2D eigenvalue weighted by atomic mass is 10.2. The number of fused-ring (bicyclic) bond motifs is 1. The summed E-state index contributed by atoms with van der Waals surface area (Å²) in [6.07, 6.45) is 1.34. The summed E-state index contributed by atoms with van der Waals surface area (Å²) in [4.78, 5) is 26.9. The van der Waals surface area contributed by atoms with Gasteiger partial charge in [-0.2, -0.15) is 5.10 Å². The molecule has 0 bridgehead atoms. The summed E-state index contributed by atoms with van der Waals surface area (Å²) in [6, 6.07) is 12.7. The number of carbonyl (C=O) groups excluding carboxylic acids is 1. The lowest BCUT2D eigenvalue weighted by molar-refractivity contribution is 0.0959. The number of pyridine rings is 1. The molecule has 5 nitrogen and oxygen atoms in total. The van der Waals surface area contributed by atoms with Crippen LogP contribution in [0, 0.1) is 0 Å². The van der Waals surface area contributed by atoms with Crippen molar-refractivity contribution in [3.63, 3.8) is 0 Å². The number of hydrazone groups is 1. The molecule has 1 amide bonds. The van der Waals surface area contributed by atoms with Gasteiger partial charge in [0, 0.05) is 5.52 Å². The smallest absolute Gasteiger partial charge is 0.281 e. The number of aromatic amines is 1. The van der Waals surface area contributed by atoms with Gasteiger partial charge < -0.3 is 4.98 Å². The summed E-state index contributed by atoms with van der Waals surface area (Å²) in [6.45, 7) is 0. The first-order valence-corrected chi connectivity index (χ1v) is 7.11. The molecule has 3 rings (SSSR count). The Bertz CT molecular complexity index is 866. The van der Waals surface area contributed by atoms with E-state index in [1.807, 2.05) is 29.6 Å². The van der Waals surface area contributed by atoms with Crippen molar-refractivity contribution in [1.82, 2.24) is 10.4 Å². The van der Waals surface area contributed by atoms with Crippen molar-refractivity contribution < 1.29 is 4.79 Å². The monoisotopic (exact) mass is 297 g/mol. The zero-order chi connectivity index (χ0) is 14.7. The lowest BCUT2D eigenvalue weighted by Gasteiger charge is -1.99. The van der Waals surface area contributed by atoms with Gasteiger partial charge in [-0.15, -0.1) is 11.3 Å². The van der Waals surface area contributed by atoms with Gasteiger partial charge in [0.15, 0.2) is 0 Å². The fraction of sp³-hybridized carbons (Fsp3) is 0. The highest BCUT2D eigenvalue weighted by molar-refractivity contribution is 7.12. The Morgan fingerprint density at radius 2 is 2.10 bits per heavy atom. The van der Waals surface area contributed by atoms with E-state index in [0.717, 1.165) is 10.9 Å². The van der Waals surface area contributed by atoms with Gasteiger partial charge in [0.05, 0.1) is 16.7 Å². The van der Waals surface area contributed by atoms with Crippen molar-refractivity contribution in [3.05, 3.63) is 68.6 Å². The Kier molecular flexibility index (Phi) is 3.61. The number of aromatic nitrogens is 1. The second kappa shape index (κ2) is 5.72. The summed E-state index contributed by atoms with van der Waals surface area (Å²) in [5.41, 5.74) is 3.30. The van der Waals surface area contributed by atoms with Crippen molar-refractivity contribution in [1.29, 1.82) is 0 Å². The maximum atomic E-state index is 11.9. The highest BCUT2D eigenvalue weighted by Crippen LogP contribution is 2.09. The molecular formula is C15H11N3O2S. The van der Waals surface area contributed by atoms with Crippen molar-refractivity contribution in [2.24, 2.45) is 5.10 Å². The third-order valence-corrected chi connectivity index (χ3v) is 3.77. The topological polar surface area (TPSA) is 74.3 Å². The molecule has 0 radical (unpaired) electrons. The lowest BCUT2D eigenvalue weighted by Crippen LogP contribution is -2.18. The number of thiophene rings is 1. The van der Waals surface area contributed by atoms with Crippen LogP contribution in [0.15, 0.2) is 57.7 Å². The van der Waals surface area contributed by atoms with E-state index in [-0.39, 0.29) is 11.5 Å². The van der Waals surface area contributed by atoms with Crippen molar-refractivity contribution >= 4 is 34.4 Å². The highest BCUT2D eigenvalue weighted by atomic mass is 32.1. The minimum Gasteiger partial charge on any atom is -0.321 e. The standard InChI is InChI=1S/C15H11N3O2S/c19-14-11(8-10-4-1-2-5-12(10)17-14)9-16-18-15(20)13-6-3-7-21-13/h1-9H,(H,17,19)(H,18,20)/b16-9-. The molecule has 21 heavy (non-hydrogen) atoms. The normalized spacial score (nSPS) is 11.0. The molecule has 0 atom stereocenters. The molecule has 2 heterocycles. The van der Waals surface area contributed by atoms with Crippen LogP contribution in [-0.2, 0) is 0 Å². The van der Waals surface area contributed by atoms with Crippen LogP contribution in [0.3, 0.4) is 0 Å². The Balaban J connectivity index is 1.81. The molecule has 0 fully saturated rings. The summed E-state index contributed by atoms with van der Waals surface area (Å²) < 4.78 is 0. The molecule has 2 aromatic heterocycles. The van der Waals surface area contributed by atoms with Crippen molar-refractivity contribution in [3.8, 4) is 0 Å². The first kappa shape index (κ1) is 13.3. The Hall–Kier alpha value is -2.73. The second-order valence-electron chi connectivity index (χ2n) is 4.32. The molecule has 0 saturated carbocycles. The van der Waals surface area contributed by atoms with E-state index in [2.05, 4.69) is 15.5 Å². The van der Waals surface area contributed by atoms with Crippen LogP contribution in [0.1, 0.15) is 15.2 Å². The third kappa shape index (κ3) is 2.90. The number of amides is 1. The number of carbonyl (C=O) groups is 1. The number of para-hydroxylation sites is 1. The minimum absolute atomic E-state index is 0.247. The molecule has 1 aromatic carbocycles. The van der Waals surface area contributed by atoms with Crippen LogP contribution in [0.4, 0.5) is 0 Å². The number of rotatable bonds is 3. The van der Waals surface area contributed by atoms with Crippen molar-refractivity contribution in [2.75, 3.05) is 0 Å². The van der Waals surface area contributed by atoms with Crippen LogP contribution >= 0.6 is 11.3 Å². The first-order valence-electron chi connectivity index (χ1n) is 6.23. The van der Waals surface area contributed by atoms with Crippen LogP contribution in [0.25, 0.3) is 10.9 Å². The Morgan fingerprint density at radius 1 is 1.24 bits per heavy atom. The molecule has 0 saturated heterocycles.